The fourth-order valence-electron chi connectivity index (χ4n) is 2.50. The number of nitro groups is 1. The molecule has 19 heavy (non-hydrogen) atoms. The molecular formula is C13H17N3O3. The monoisotopic (exact) mass is 263 g/mol. The van der Waals surface area contributed by atoms with Gasteiger partial charge in [0.1, 0.15) is 0 Å². The van der Waals surface area contributed by atoms with Gasteiger partial charge < -0.3 is 10.6 Å². The zero-order chi connectivity index (χ0) is 14.0. The van der Waals surface area contributed by atoms with Gasteiger partial charge in [-0.15, -0.1) is 0 Å². The Balaban J connectivity index is 2.19. The van der Waals surface area contributed by atoms with Crippen LogP contribution in [0.25, 0.3) is 0 Å². The molecule has 6 heteroatoms. The van der Waals surface area contributed by atoms with E-state index in [1.807, 2.05) is 6.92 Å². The molecule has 1 saturated heterocycles. The first-order valence-electron chi connectivity index (χ1n) is 6.26. The van der Waals surface area contributed by atoms with Gasteiger partial charge in [0.15, 0.2) is 0 Å². The smallest absolute Gasteiger partial charge is 0.270 e. The second-order valence-corrected chi connectivity index (χ2v) is 5.12. The van der Waals surface area contributed by atoms with Gasteiger partial charge in [-0.25, -0.2) is 0 Å². The van der Waals surface area contributed by atoms with Crippen molar-refractivity contribution < 1.29 is 9.72 Å². The molecule has 2 rings (SSSR count). The van der Waals surface area contributed by atoms with Crippen LogP contribution in [0.5, 0.6) is 0 Å². The van der Waals surface area contributed by atoms with Gasteiger partial charge in [0.05, 0.1) is 4.92 Å². The lowest BCUT2D eigenvalue weighted by molar-refractivity contribution is -0.384. The molecule has 0 radical (unpaired) electrons. The van der Waals surface area contributed by atoms with E-state index in [1.165, 1.54) is 18.2 Å². The lowest BCUT2D eigenvalue weighted by Crippen LogP contribution is -2.48. The van der Waals surface area contributed by atoms with Gasteiger partial charge in [0.2, 0.25) is 0 Å². The zero-order valence-electron chi connectivity index (χ0n) is 10.8. The third-order valence-corrected chi connectivity index (χ3v) is 3.28. The standard InChI is InChI=1S/C13H17N3O3/c1-9-5-11(14)8-15(7-9)13(17)10-3-2-4-12(6-10)16(18)19/h2-4,6,9,11H,5,7-8,14H2,1H3. The number of carbonyl (C=O) groups is 1. The zero-order valence-corrected chi connectivity index (χ0v) is 10.8. The molecule has 2 N–H and O–H groups in total. The molecule has 1 aliphatic rings. The van der Waals surface area contributed by atoms with Crippen LogP contribution >= 0.6 is 0 Å². The minimum absolute atomic E-state index is 0.0219. The number of likely N-dealkylation sites (tertiary alicyclic amines) is 1. The second-order valence-electron chi connectivity index (χ2n) is 5.12. The highest BCUT2D eigenvalue weighted by Crippen LogP contribution is 2.19. The maximum Gasteiger partial charge on any atom is 0.270 e. The van der Waals surface area contributed by atoms with E-state index in [0.717, 1.165) is 6.42 Å². The summed E-state index contributed by atoms with van der Waals surface area (Å²) < 4.78 is 0. The number of hydrogen-bond acceptors (Lipinski definition) is 4. The SMILES string of the molecule is CC1CC(N)CN(C(=O)c2cccc([N+](=O)[O-])c2)C1. The maximum absolute atomic E-state index is 12.3. The Kier molecular flexibility index (Phi) is 3.80. The molecular weight excluding hydrogens is 246 g/mol. The highest BCUT2D eigenvalue weighted by atomic mass is 16.6. The summed E-state index contributed by atoms with van der Waals surface area (Å²) >= 11 is 0. The summed E-state index contributed by atoms with van der Waals surface area (Å²) in [5.74, 6) is 0.164. The Labute approximate surface area is 111 Å². The molecule has 0 spiro atoms. The Morgan fingerprint density at radius 3 is 2.84 bits per heavy atom. The third kappa shape index (κ3) is 3.08. The molecule has 6 nitrogen and oxygen atoms in total. The molecule has 1 fully saturated rings. The van der Waals surface area contributed by atoms with Crippen molar-refractivity contribution in [3.05, 3.63) is 39.9 Å². The number of amides is 1. The highest BCUT2D eigenvalue weighted by molar-refractivity contribution is 5.95. The minimum Gasteiger partial charge on any atom is -0.337 e. The number of rotatable bonds is 2. The number of non-ortho nitro benzene ring substituents is 1. The van der Waals surface area contributed by atoms with Gasteiger partial charge in [0.25, 0.3) is 11.6 Å². The number of carbonyl (C=O) groups excluding carboxylic acids is 1. The van der Waals surface area contributed by atoms with Gasteiger partial charge >= 0.3 is 0 Å². The lowest BCUT2D eigenvalue weighted by atomic mass is 9.96. The lowest BCUT2D eigenvalue weighted by Gasteiger charge is -2.34. The summed E-state index contributed by atoms with van der Waals surface area (Å²) in [5, 5.41) is 10.7. The topological polar surface area (TPSA) is 89.5 Å². The number of nitrogens with zero attached hydrogens (tertiary/aromatic N) is 2. The Bertz CT molecular complexity index is 494. The fourth-order valence-corrected chi connectivity index (χ4v) is 2.50. The molecule has 102 valence electrons. The summed E-state index contributed by atoms with van der Waals surface area (Å²) in [6.07, 6.45) is 0.902. The largest absolute Gasteiger partial charge is 0.337 e. The fraction of sp³-hybridized carbons (Fsp3) is 0.462. The molecule has 2 atom stereocenters. The quantitative estimate of drug-likeness (QED) is 0.645. The predicted octanol–water partition coefficient (Wildman–Crippen LogP) is 1.40. The second kappa shape index (κ2) is 5.36. The number of nitrogens with two attached hydrogens (primary N) is 1. The van der Waals surface area contributed by atoms with Crippen molar-refractivity contribution in [2.24, 2.45) is 11.7 Å². The molecule has 1 amide bonds. The number of hydrogen-bond donors (Lipinski definition) is 1. The van der Waals surface area contributed by atoms with Gasteiger partial charge in [-0.3, -0.25) is 14.9 Å². The number of piperidine rings is 1. The van der Waals surface area contributed by atoms with Crippen LogP contribution in [-0.2, 0) is 0 Å². The predicted molar refractivity (Wildman–Crippen MR) is 70.8 cm³/mol. The third-order valence-electron chi connectivity index (χ3n) is 3.28. The van der Waals surface area contributed by atoms with Crippen molar-refractivity contribution in [2.75, 3.05) is 13.1 Å². The molecule has 0 saturated carbocycles. The van der Waals surface area contributed by atoms with Crippen molar-refractivity contribution in [3.63, 3.8) is 0 Å². The van der Waals surface area contributed by atoms with Crippen molar-refractivity contribution >= 4 is 11.6 Å². The summed E-state index contributed by atoms with van der Waals surface area (Å²) in [6, 6.07) is 5.79. The first-order valence-corrected chi connectivity index (χ1v) is 6.26. The maximum atomic E-state index is 12.3. The van der Waals surface area contributed by atoms with Crippen LogP contribution in [0.2, 0.25) is 0 Å². The Morgan fingerprint density at radius 1 is 1.47 bits per heavy atom. The van der Waals surface area contributed by atoms with Crippen molar-refractivity contribution in [3.8, 4) is 0 Å². The van der Waals surface area contributed by atoms with Gasteiger partial charge in [-0.05, 0) is 18.4 Å². The normalized spacial score (nSPS) is 23.2. The number of nitro benzene ring substituents is 1. The van der Waals surface area contributed by atoms with Crippen LogP contribution in [-0.4, -0.2) is 34.9 Å². The van der Waals surface area contributed by atoms with Crippen LogP contribution in [0.3, 0.4) is 0 Å². The van der Waals surface area contributed by atoms with Crippen LogP contribution < -0.4 is 5.73 Å². The van der Waals surface area contributed by atoms with Crippen LogP contribution in [0.15, 0.2) is 24.3 Å². The first-order chi connectivity index (χ1) is 8.97. The van der Waals surface area contributed by atoms with Crippen LogP contribution in [0.1, 0.15) is 23.7 Å². The van der Waals surface area contributed by atoms with Gasteiger partial charge in [-0.2, -0.15) is 0 Å². The Morgan fingerprint density at radius 2 is 2.21 bits per heavy atom. The van der Waals surface area contributed by atoms with Crippen molar-refractivity contribution in [2.45, 2.75) is 19.4 Å². The molecule has 0 bridgehead atoms. The first kappa shape index (κ1) is 13.5. The molecule has 2 unspecified atom stereocenters. The summed E-state index contributed by atoms with van der Waals surface area (Å²) in [4.78, 5) is 24.2. The van der Waals surface area contributed by atoms with Gasteiger partial charge in [0, 0.05) is 36.8 Å². The molecule has 1 heterocycles. The van der Waals surface area contributed by atoms with Crippen molar-refractivity contribution in [1.29, 1.82) is 0 Å². The van der Waals surface area contributed by atoms with E-state index in [1.54, 1.807) is 11.0 Å². The van der Waals surface area contributed by atoms with Crippen LogP contribution in [0, 0.1) is 16.0 Å². The van der Waals surface area contributed by atoms with E-state index in [0.29, 0.717) is 24.6 Å². The summed E-state index contributed by atoms with van der Waals surface area (Å²) in [6.45, 7) is 3.20. The summed E-state index contributed by atoms with van der Waals surface area (Å²) in [5.41, 5.74) is 6.18. The molecule has 0 aliphatic carbocycles. The highest BCUT2D eigenvalue weighted by Gasteiger charge is 2.27. The van der Waals surface area contributed by atoms with E-state index >= 15 is 0 Å². The van der Waals surface area contributed by atoms with Crippen molar-refractivity contribution in [1.82, 2.24) is 4.90 Å². The van der Waals surface area contributed by atoms with E-state index in [9.17, 15) is 14.9 Å². The van der Waals surface area contributed by atoms with Gasteiger partial charge in [-0.1, -0.05) is 13.0 Å². The molecule has 0 aromatic heterocycles. The van der Waals surface area contributed by atoms with E-state index < -0.39 is 4.92 Å². The van der Waals surface area contributed by atoms with E-state index in [-0.39, 0.29) is 17.6 Å². The molecule has 1 aromatic rings. The Hall–Kier alpha value is -1.95. The molecule has 1 aromatic carbocycles. The van der Waals surface area contributed by atoms with E-state index in [2.05, 4.69) is 0 Å². The van der Waals surface area contributed by atoms with Crippen LogP contribution in [0.4, 0.5) is 5.69 Å². The minimum atomic E-state index is -0.499. The van der Waals surface area contributed by atoms with E-state index in [4.69, 9.17) is 5.73 Å². The molecule has 1 aliphatic heterocycles. The average molecular weight is 263 g/mol. The number of benzene rings is 1. The summed E-state index contributed by atoms with van der Waals surface area (Å²) in [7, 11) is 0. The average Bonchev–Trinajstić information content (AvgIpc) is 2.37.